The highest BCUT2D eigenvalue weighted by molar-refractivity contribution is 6.32. The Hall–Kier alpha value is -2.34. The van der Waals surface area contributed by atoms with Crippen LogP contribution in [0.1, 0.15) is 17.4 Å². The maximum Gasteiger partial charge on any atom is 0.352 e. The van der Waals surface area contributed by atoms with Gasteiger partial charge in [0.05, 0.1) is 4.92 Å². The highest BCUT2D eigenvalue weighted by Gasteiger charge is 2.17. The van der Waals surface area contributed by atoms with Gasteiger partial charge in [0.1, 0.15) is 10.7 Å². The zero-order valence-electron chi connectivity index (χ0n) is 10.5. The van der Waals surface area contributed by atoms with Crippen LogP contribution in [0.2, 0.25) is 5.02 Å². The summed E-state index contributed by atoms with van der Waals surface area (Å²) < 4.78 is 1.61. The van der Waals surface area contributed by atoms with Crippen molar-refractivity contribution in [3.63, 3.8) is 0 Å². The van der Waals surface area contributed by atoms with Crippen molar-refractivity contribution in [2.45, 2.75) is 13.5 Å². The Balaban J connectivity index is 2.55. The molecule has 0 aliphatic rings. The second kappa shape index (κ2) is 5.34. The Morgan fingerprint density at radius 1 is 1.40 bits per heavy atom. The standard InChI is InChI=1S/C13H11ClN2O4/c1-2-15-10(5-6-12(15)13(17)18)8-3-4-11(16(19)20)9(14)7-8/h3-7H,2H2,1H3,(H,17,18). The zero-order chi connectivity index (χ0) is 14.9. The Morgan fingerprint density at radius 2 is 2.10 bits per heavy atom. The minimum atomic E-state index is -1.02. The monoisotopic (exact) mass is 294 g/mol. The molecule has 104 valence electrons. The molecule has 0 unspecified atom stereocenters. The predicted molar refractivity (Wildman–Crippen MR) is 74.2 cm³/mol. The first kappa shape index (κ1) is 14.1. The molecule has 1 aromatic heterocycles. The molecule has 0 atom stereocenters. The quantitative estimate of drug-likeness (QED) is 0.691. The van der Waals surface area contributed by atoms with Gasteiger partial charge in [-0.1, -0.05) is 11.6 Å². The number of benzene rings is 1. The predicted octanol–water partition coefficient (Wildman–Crippen LogP) is 3.43. The van der Waals surface area contributed by atoms with Crippen molar-refractivity contribution in [3.05, 3.63) is 51.2 Å². The van der Waals surface area contributed by atoms with Crippen LogP contribution in [0.3, 0.4) is 0 Å². The lowest BCUT2D eigenvalue weighted by Crippen LogP contribution is -2.08. The molecule has 7 heteroatoms. The second-order valence-electron chi connectivity index (χ2n) is 4.08. The lowest BCUT2D eigenvalue weighted by Gasteiger charge is -2.09. The van der Waals surface area contributed by atoms with E-state index in [2.05, 4.69) is 0 Å². The van der Waals surface area contributed by atoms with Gasteiger partial charge in [-0.05, 0) is 31.2 Å². The van der Waals surface area contributed by atoms with Gasteiger partial charge in [-0.15, -0.1) is 0 Å². The Morgan fingerprint density at radius 3 is 2.60 bits per heavy atom. The summed E-state index contributed by atoms with van der Waals surface area (Å²) in [7, 11) is 0. The fourth-order valence-corrected chi connectivity index (χ4v) is 2.31. The third-order valence-corrected chi connectivity index (χ3v) is 3.26. The Labute approximate surface area is 119 Å². The number of carboxylic acids is 1. The van der Waals surface area contributed by atoms with Gasteiger partial charge in [-0.3, -0.25) is 10.1 Å². The van der Waals surface area contributed by atoms with Gasteiger partial charge in [0.15, 0.2) is 0 Å². The third-order valence-electron chi connectivity index (χ3n) is 2.96. The maximum atomic E-state index is 11.1. The van der Waals surface area contributed by atoms with Crippen molar-refractivity contribution in [2.75, 3.05) is 0 Å². The zero-order valence-corrected chi connectivity index (χ0v) is 11.3. The molecule has 20 heavy (non-hydrogen) atoms. The largest absolute Gasteiger partial charge is 0.477 e. The number of carbonyl (C=O) groups is 1. The molecule has 0 fully saturated rings. The summed E-state index contributed by atoms with van der Waals surface area (Å²) >= 11 is 5.87. The second-order valence-corrected chi connectivity index (χ2v) is 4.48. The van der Waals surface area contributed by atoms with Crippen LogP contribution in [-0.4, -0.2) is 20.6 Å². The molecule has 0 spiro atoms. The van der Waals surface area contributed by atoms with Crippen molar-refractivity contribution < 1.29 is 14.8 Å². The summed E-state index contributed by atoms with van der Waals surface area (Å²) in [5, 5.41) is 19.8. The van der Waals surface area contributed by atoms with Gasteiger partial charge < -0.3 is 9.67 Å². The van der Waals surface area contributed by atoms with Gasteiger partial charge in [-0.2, -0.15) is 0 Å². The van der Waals surface area contributed by atoms with Crippen LogP contribution >= 0.6 is 11.6 Å². The van der Waals surface area contributed by atoms with E-state index < -0.39 is 10.9 Å². The third kappa shape index (κ3) is 2.37. The number of nitro benzene ring substituents is 1. The van der Waals surface area contributed by atoms with Crippen LogP contribution < -0.4 is 0 Å². The summed E-state index contributed by atoms with van der Waals surface area (Å²) in [4.78, 5) is 21.3. The molecule has 1 heterocycles. The van der Waals surface area contributed by atoms with E-state index in [1.165, 1.54) is 18.2 Å². The average Bonchev–Trinajstić information content (AvgIpc) is 2.81. The highest BCUT2D eigenvalue weighted by Crippen LogP contribution is 2.31. The average molecular weight is 295 g/mol. The summed E-state index contributed by atoms with van der Waals surface area (Å²) in [6, 6.07) is 7.48. The van der Waals surface area contributed by atoms with Crippen LogP contribution in [0, 0.1) is 10.1 Å². The van der Waals surface area contributed by atoms with E-state index in [0.717, 1.165) is 0 Å². The number of aromatic carboxylic acids is 1. The van der Waals surface area contributed by atoms with Crippen LogP contribution in [0.5, 0.6) is 0 Å². The van der Waals surface area contributed by atoms with Gasteiger partial charge in [0.25, 0.3) is 5.69 Å². The lowest BCUT2D eigenvalue weighted by molar-refractivity contribution is -0.384. The molecule has 1 N–H and O–H groups in total. The van der Waals surface area contributed by atoms with Crippen molar-refractivity contribution in [2.24, 2.45) is 0 Å². The first-order valence-electron chi connectivity index (χ1n) is 5.82. The van der Waals surface area contributed by atoms with Crippen molar-refractivity contribution in [3.8, 4) is 11.3 Å². The molecule has 1 aromatic carbocycles. The van der Waals surface area contributed by atoms with E-state index in [-0.39, 0.29) is 16.4 Å². The van der Waals surface area contributed by atoms with E-state index in [4.69, 9.17) is 16.7 Å². The molecule has 0 aliphatic carbocycles. The normalized spacial score (nSPS) is 10.5. The van der Waals surface area contributed by atoms with Crippen molar-refractivity contribution in [1.29, 1.82) is 0 Å². The lowest BCUT2D eigenvalue weighted by atomic mass is 10.1. The Kier molecular flexibility index (Phi) is 3.76. The number of aromatic nitrogens is 1. The summed E-state index contributed by atoms with van der Waals surface area (Å²) in [6.45, 7) is 2.29. The molecule has 0 amide bonds. The number of hydrogen-bond acceptors (Lipinski definition) is 3. The SMILES string of the molecule is CCn1c(C(=O)O)ccc1-c1ccc([N+](=O)[O-])c(Cl)c1. The summed E-state index contributed by atoms with van der Waals surface area (Å²) in [5.41, 5.74) is 1.28. The van der Waals surface area contributed by atoms with E-state index in [1.807, 2.05) is 6.92 Å². The molecule has 0 aliphatic heterocycles. The fourth-order valence-electron chi connectivity index (χ4n) is 2.06. The van der Waals surface area contributed by atoms with Gasteiger partial charge in [0, 0.05) is 23.9 Å². The molecule has 2 aromatic rings. The van der Waals surface area contributed by atoms with Crippen LogP contribution in [0.4, 0.5) is 5.69 Å². The smallest absolute Gasteiger partial charge is 0.352 e. The number of carboxylic acid groups (broad SMARTS) is 1. The molecular formula is C13H11ClN2O4. The van der Waals surface area contributed by atoms with Crippen molar-refractivity contribution in [1.82, 2.24) is 4.57 Å². The van der Waals surface area contributed by atoms with Crippen LogP contribution in [-0.2, 0) is 6.54 Å². The highest BCUT2D eigenvalue weighted by atomic mass is 35.5. The minimum Gasteiger partial charge on any atom is -0.477 e. The van der Waals surface area contributed by atoms with E-state index >= 15 is 0 Å². The molecule has 0 saturated heterocycles. The van der Waals surface area contributed by atoms with Gasteiger partial charge >= 0.3 is 5.97 Å². The molecule has 0 saturated carbocycles. The van der Waals surface area contributed by atoms with E-state index in [9.17, 15) is 14.9 Å². The fraction of sp³-hybridized carbons (Fsp3) is 0.154. The molecule has 0 radical (unpaired) electrons. The minimum absolute atomic E-state index is 0.0215. The maximum absolute atomic E-state index is 11.1. The van der Waals surface area contributed by atoms with Crippen molar-refractivity contribution >= 4 is 23.3 Å². The van der Waals surface area contributed by atoms with E-state index in [0.29, 0.717) is 17.8 Å². The Bertz CT molecular complexity index is 694. The number of halogens is 1. The number of hydrogen-bond donors (Lipinski definition) is 1. The van der Waals surface area contributed by atoms with Gasteiger partial charge in [0.2, 0.25) is 0 Å². The molecular weight excluding hydrogens is 284 g/mol. The molecule has 0 bridgehead atoms. The van der Waals surface area contributed by atoms with Crippen LogP contribution in [0.15, 0.2) is 30.3 Å². The number of nitro groups is 1. The van der Waals surface area contributed by atoms with E-state index in [1.54, 1.807) is 16.7 Å². The number of rotatable bonds is 4. The number of nitrogens with zero attached hydrogens (tertiary/aromatic N) is 2. The topological polar surface area (TPSA) is 85.4 Å². The molecule has 2 rings (SSSR count). The first-order valence-corrected chi connectivity index (χ1v) is 6.20. The summed E-state index contributed by atoms with van der Waals surface area (Å²) in [5.74, 6) is -1.02. The molecule has 6 nitrogen and oxygen atoms in total. The van der Waals surface area contributed by atoms with Gasteiger partial charge in [-0.25, -0.2) is 4.79 Å². The first-order chi connectivity index (χ1) is 9.45. The summed E-state index contributed by atoms with van der Waals surface area (Å²) in [6.07, 6.45) is 0. The van der Waals surface area contributed by atoms with Crippen LogP contribution in [0.25, 0.3) is 11.3 Å².